The zero-order valence-corrected chi connectivity index (χ0v) is 10.5. The number of rotatable bonds is 4. The summed E-state index contributed by atoms with van der Waals surface area (Å²) in [5.41, 5.74) is -0.401. The lowest BCUT2D eigenvalue weighted by molar-refractivity contribution is -0.0954. The predicted molar refractivity (Wildman–Crippen MR) is 59.8 cm³/mol. The highest BCUT2D eigenvalue weighted by Gasteiger charge is 2.48. The van der Waals surface area contributed by atoms with E-state index in [0.29, 0.717) is 13.2 Å². The maximum absolute atomic E-state index is 10.0. The minimum atomic E-state index is -0.429. The van der Waals surface area contributed by atoms with Crippen molar-refractivity contribution in [2.45, 2.75) is 58.3 Å². The van der Waals surface area contributed by atoms with Gasteiger partial charge in [0.2, 0.25) is 0 Å². The van der Waals surface area contributed by atoms with Gasteiger partial charge in [-0.1, -0.05) is 0 Å². The molecule has 2 atom stereocenters. The second-order valence-electron chi connectivity index (χ2n) is 5.50. The molecule has 1 aliphatic rings. The minimum absolute atomic E-state index is 0.138. The highest BCUT2D eigenvalue weighted by Crippen LogP contribution is 2.43. The molecule has 0 aromatic carbocycles. The Kier molecular flexibility index (Phi) is 3.80. The van der Waals surface area contributed by atoms with Gasteiger partial charge in [-0.15, -0.1) is 0 Å². The molecule has 15 heavy (non-hydrogen) atoms. The molecule has 1 N–H and O–H groups in total. The summed E-state index contributed by atoms with van der Waals surface area (Å²) >= 11 is 0. The van der Waals surface area contributed by atoms with Crippen molar-refractivity contribution in [3.05, 3.63) is 0 Å². The van der Waals surface area contributed by atoms with Crippen molar-refractivity contribution >= 4 is 0 Å². The van der Waals surface area contributed by atoms with Crippen LogP contribution >= 0.6 is 0 Å². The molecular weight excluding hydrogens is 192 g/mol. The summed E-state index contributed by atoms with van der Waals surface area (Å²) in [4.78, 5) is 0. The van der Waals surface area contributed by atoms with E-state index in [4.69, 9.17) is 9.47 Å². The van der Waals surface area contributed by atoms with E-state index in [1.54, 1.807) is 0 Å². The summed E-state index contributed by atoms with van der Waals surface area (Å²) < 4.78 is 11.2. The standard InChI is InChI=1S/C12H24O3/c1-6-14-8-10(13)9-7-11(2,3)15-12(9,4)5/h9-10,13H,6-8H2,1-5H3. The molecule has 0 amide bonds. The maximum Gasteiger partial charge on any atom is 0.0830 e. The molecule has 2 unspecified atom stereocenters. The first-order valence-electron chi connectivity index (χ1n) is 5.74. The van der Waals surface area contributed by atoms with Crippen LogP contribution in [0.3, 0.4) is 0 Å². The number of aliphatic hydroxyl groups excluding tert-OH is 1. The molecule has 0 radical (unpaired) electrons. The number of hydrogen-bond donors (Lipinski definition) is 1. The lowest BCUT2D eigenvalue weighted by atomic mass is 9.83. The van der Waals surface area contributed by atoms with E-state index in [1.807, 2.05) is 20.8 Å². The van der Waals surface area contributed by atoms with Crippen LogP contribution in [0.5, 0.6) is 0 Å². The SMILES string of the molecule is CCOCC(O)C1CC(C)(C)OC1(C)C. The molecule has 3 heteroatoms. The van der Waals surface area contributed by atoms with E-state index < -0.39 is 6.10 Å². The molecule has 1 rings (SSSR count). The van der Waals surface area contributed by atoms with E-state index in [1.165, 1.54) is 0 Å². The third-order valence-corrected chi connectivity index (χ3v) is 3.10. The molecular formula is C12H24O3. The van der Waals surface area contributed by atoms with Crippen molar-refractivity contribution in [2.24, 2.45) is 5.92 Å². The zero-order valence-electron chi connectivity index (χ0n) is 10.5. The average Bonchev–Trinajstić information content (AvgIpc) is 2.30. The molecule has 0 bridgehead atoms. The quantitative estimate of drug-likeness (QED) is 0.781. The van der Waals surface area contributed by atoms with Gasteiger partial charge in [0, 0.05) is 12.5 Å². The van der Waals surface area contributed by atoms with Crippen LogP contribution in [0.2, 0.25) is 0 Å². The fourth-order valence-corrected chi connectivity index (χ4v) is 2.56. The van der Waals surface area contributed by atoms with Crippen LogP contribution in [0, 0.1) is 5.92 Å². The monoisotopic (exact) mass is 216 g/mol. The van der Waals surface area contributed by atoms with Crippen molar-refractivity contribution in [1.29, 1.82) is 0 Å². The Morgan fingerprint density at radius 2 is 2.00 bits per heavy atom. The van der Waals surface area contributed by atoms with Crippen molar-refractivity contribution in [1.82, 2.24) is 0 Å². The van der Waals surface area contributed by atoms with E-state index in [2.05, 4.69) is 13.8 Å². The molecule has 90 valence electrons. The van der Waals surface area contributed by atoms with Gasteiger partial charge in [-0.2, -0.15) is 0 Å². The van der Waals surface area contributed by atoms with Crippen molar-refractivity contribution < 1.29 is 14.6 Å². The smallest absolute Gasteiger partial charge is 0.0830 e. The van der Waals surface area contributed by atoms with Gasteiger partial charge >= 0.3 is 0 Å². The summed E-state index contributed by atoms with van der Waals surface area (Å²) in [5, 5.41) is 10.0. The first-order chi connectivity index (χ1) is 6.78. The Morgan fingerprint density at radius 1 is 1.40 bits per heavy atom. The Hall–Kier alpha value is -0.120. The van der Waals surface area contributed by atoms with Gasteiger partial charge in [-0.05, 0) is 41.0 Å². The summed E-state index contributed by atoms with van der Waals surface area (Å²) in [6, 6.07) is 0. The van der Waals surface area contributed by atoms with Gasteiger partial charge < -0.3 is 14.6 Å². The molecule has 1 heterocycles. The fraction of sp³-hybridized carbons (Fsp3) is 1.00. The molecule has 0 aromatic heterocycles. The Morgan fingerprint density at radius 3 is 2.40 bits per heavy atom. The van der Waals surface area contributed by atoms with Crippen molar-refractivity contribution in [3.63, 3.8) is 0 Å². The zero-order chi connectivity index (χ0) is 11.7. The molecule has 1 aliphatic heterocycles. The van der Waals surface area contributed by atoms with Crippen LogP contribution in [-0.2, 0) is 9.47 Å². The summed E-state index contributed by atoms with van der Waals surface area (Å²) in [5.74, 6) is 0.152. The van der Waals surface area contributed by atoms with Gasteiger partial charge in [0.05, 0.1) is 23.9 Å². The maximum atomic E-state index is 10.0. The highest BCUT2D eigenvalue weighted by atomic mass is 16.5. The average molecular weight is 216 g/mol. The lowest BCUT2D eigenvalue weighted by Crippen LogP contribution is -2.38. The molecule has 0 aromatic rings. The van der Waals surface area contributed by atoms with Crippen molar-refractivity contribution in [3.8, 4) is 0 Å². The van der Waals surface area contributed by atoms with E-state index >= 15 is 0 Å². The molecule has 0 aliphatic carbocycles. The number of hydrogen-bond acceptors (Lipinski definition) is 3. The fourth-order valence-electron chi connectivity index (χ4n) is 2.56. The summed E-state index contributed by atoms with van der Waals surface area (Å²) in [6.45, 7) is 11.2. The second-order valence-corrected chi connectivity index (χ2v) is 5.50. The minimum Gasteiger partial charge on any atom is -0.390 e. The molecule has 1 saturated heterocycles. The highest BCUT2D eigenvalue weighted by molar-refractivity contribution is 4.97. The molecule has 1 fully saturated rings. The second kappa shape index (κ2) is 4.40. The Labute approximate surface area is 92.8 Å². The molecule has 0 spiro atoms. The van der Waals surface area contributed by atoms with E-state index in [-0.39, 0.29) is 17.1 Å². The summed E-state index contributed by atoms with van der Waals surface area (Å²) in [7, 11) is 0. The van der Waals surface area contributed by atoms with Crippen LogP contribution in [-0.4, -0.2) is 35.6 Å². The van der Waals surface area contributed by atoms with E-state index in [9.17, 15) is 5.11 Å². The molecule has 3 nitrogen and oxygen atoms in total. The van der Waals surface area contributed by atoms with Gasteiger partial charge in [-0.25, -0.2) is 0 Å². The van der Waals surface area contributed by atoms with Gasteiger partial charge in [0.15, 0.2) is 0 Å². The Bertz CT molecular complexity index is 211. The lowest BCUT2D eigenvalue weighted by Gasteiger charge is -2.30. The number of ether oxygens (including phenoxy) is 2. The largest absolute Gasteiger partial charge is 0.390 e. The van der Waals surface area contributed by atoms with Crippen LogP contribution in [0.1, 0.15) is 41.0 Å². The third kappa shape index (κ3) is 3.16. The predicted octanol–water partition coefficient (Wildman–Crippen LogP) is 1.98. The number of aliphatic hydroxyl groups is 1. The third-order valence-electron chi connectivity index (χ3n) is 3.10. The van der Waals surface area contributed by atoms with Crippen LogP contribution in [0.25, 0.3) is 0 Å². The van der Waals surface area contributed by atoms with Crippen LogP contribution < -0.4 is 0 Å². The molecule has 0 saturated carbocycles. The van der Waals surface area contributed by atoms with E-state index in [0.717, 1.165) is 6.42 Å². The normalized spacial score (nSPS) is 30.4. The first-order valence-corrected chi connectivity index (χ1v) is 5.74. The van der Waals surface area contributed by atoms with Crippen LogP contribution in [0.15, 0.2) is 0 Å². The van der Waals surface area contributed by atoms with Gasteiger partial charge in [0.1, 0.15) is 0 Å². The van der Waals surface area contributed by atoms with Gasteiger partial charge in [0.25, 0.3) is 0 Å². The first kappa shape index (κ1) is 12.9. The van der Waals surface area contributed by atoms with Crippen LogP contribution in [0.4, 0.5) is 0 Å². The van der Waals surface area contributed by atoms with Gasteiger partial charge in [-0.3, -0.25) is 0 Å². The summed E-state index contributed by atoms with van der Waals surface area (Å²) in [6.07, 6.45) is 0.454. The van der Waals surface area contributed by atoms with Crippen molar-refractivity contribution in [2.75, 3.05) is 13.2 Å². The topological polar surface area (TPSA) is 38.7 Å². The Balaban J connectivity index is 2.61.